The van der Waals surface area contributed by atoms with Crippen molar-refractivity contribution < 1.29 is 17.9 Å². The van der Waals surface area contributed by atoms with Crippen LogP contribution in [0.15, 0.2) is 30.3 Å². The van der Waals surface area contributed by atoms with Crippen LogP contribution in [0.5, 0.6) is 0 Å². The van der Waals surface area contributed by atoms with Crippen LogP contribution in [0.2, 0.25) is 0 Å². The van der Waals surface area contributed by atoms with E-state index in [-0.39, 0.29) is 17.4 Å². The maximum Gasteiger partial charge on any atom is 0.250 e. The third-order valence-electron chi connectivity index (χ3n) is 3.38. The van der Waals surface area contributed by atoms with Crippen LogP contribution in [0.3, 0.4) is 0 Å². The van der Waals surface area contributed by atoms with E-state index in [9.17, 15) is 13.2 Å². The van der Waals surface area contributed by atoms with Gasteiger partial charge in [0.05, 0.1) is 18.1 Å². The minimum atomic E-state index is -3.15. The lowest BCUT2D eigenvalue weighted by atomic mass is 10.2. The molecule has 1 fully saturated rings. The lowest BCUT2D eigenvalue weighted by Crippen LogP contribution is -2.48. The van der Waals surface area contributed by atoms with Gasteiger partial charge in [0, 0.05) is 19.6 Å². The maximum absolute atomic E-state index is 12.0. The molecule has 22 heavy (non-hydrogen) atoms. The molecule has 1 aliphatic heterocycles. The first-order valence-corrected chi connectivity index (χ1v) is 9.23. The highest BCUT2D eigenvalue weighted by Gasteiger charge is 2.21. The zero-order chi connectivity index (χ0) is 15.8. The van der Waals surface area contributed by atoms with Crippen LogP contribution in [0.25, 0.3) is 0 Å². The molecule has 0 saturated carbocycles. The van der Waals surface area contributed by atoms with Gasteiger partial charge in [0.1, 0.15) is 6.10 Å². The minimum absolute atomic E-state index is 0.0391. The Labute approximate surface area is 131 Å². The van der Waals surface area contributed by atoms with E-state index < -0.39 is 15.9 Å². The van der Waals surface area contributed by atoms with Gasteiger partial charge in [0.15, 0.2) is 9.84 Å². The number of hydrogen-bond acceptors (Lipinski definition) is 5. The number of hydrogen-bond donors (Lipinski definition) is 2. The summed E-state index contributed by atoms with van der Waals surface area (Å²) in [5.74, 6) is -0.0868. The molecule has 0 radical (unpaired) electrons. The zero-order valence-electron chi connectivity index (χ0n) is 12.5. The van der Waals surface area contributed by atoms with Crippen LogP contribution in [0.1, 0.15) is 12.0 Å². The molecular formula is C15H22N2O4S. The van der Waals surface area contributed by atoms with Crippen molar-refractivity contribution in [2.24, 2.45) is 0 Å². The molecule has 1 atom stereocenters. The van der Waals surface area contributed by atoms with Crippen LogP contribution < -0.4 is 10.6 Å². The smallest absolute Gasteiger partial charge is 0.250 e. The van der Waals surface area contributed by atoms with Crippen LogP contribution in [-0.4, -0.2) is 52.4 Å². The van der Waals surface area contributed by atoms with Crippen LogP contribution in [0.4, 0.5) is 0 Å². The molecular weight excluding hydrogens is 304 g/mol. The van der Waals surface area contributed by atoms with Crippen molar-refractivity contribution in [3.8, 4) is 0 Å². The van der Waals surface area contributed by atoms with E-state index in [0.717, 1.165) is 12.1 Å². The largest absolute Gasteiger partial charge is 0.366 e. The summed E-state index contributed by atoms with van der Waals surface area (Å²) in [5, 5.41) is 5.80. The lowest BCUT2D eigenvalue weighted by molar-refractivity contribution is -0.134. The molecule has 2 rings (SSSR count). The van der Waals surface area contributed by atoms with Gasteiger partial charge in [-0.2, -0.15) is 0 Å². The summed E-state index contributed by atoms with van der Waals surface area (Å²) in [6, 6.07) is 9.10. The highest BCUT2D eigenvalue weighted by atomic mass is 32.2. The van der Waals surface area contributed by atoms with Crippen molar-refractivity contribution in [3.63, 3.8) is 0 Å². The molecule has 122 valence electrons. The Kier molecular flexibility index (Phi) is 6.35. The highest BCUT2D eigenvalue weighted by molar-refractivity contribution is 7.90. The van der Waals surface area contributed by atoms with Gasteiger partial charge in [-0.3, -0.25) is 4.79 Å². The Morgan fingerprint density at radius 1 is 1.32 bits per heavy atom. The third-order valence-corrected chi connectivity index (χ3v) is 5.06. The molecule has 1 aliphatic rings. The summed E-state index contributed by atoms with van der Waals surface area (Å²) in [6.45, 7) is 2.11. The molecule has 2 N–H and O–H groups in total. The van der Waals surface area contributed by atoms with Crippen molar-refractivity contribution in [3.05, 3.63) is 35.9 Å². The van der Waals surface area contributed by atoms with Crippen molar-refractivity contribution in [2.45, 2.75) is 18.3 Å². The number of carbonyl (C=O) groups excluding carboxylic acids is 1. The Morgan fingerprint density at radius 2 is 2.09 bits per heavy atom. The molecule has 1 heterocycles. The summed E-state index contributed by atoms with van der Waals surface area (Å²) in [4.78, 5) is 11.8. The van der Waals surface area contributed by atoms with Gasteiger partial charge < -0.3 is 15.4 Å². The number of carbonyl (C=O) groups is 1. The molecule has 1 aromatic carbocycles. The number of nitrogens with one attached hydrogen (secondary N) is 2. The van der Waals surface area contributed by atoms with Crippen LogP contribution in [0, 0.1) is 0 Å². The minimum Gasteiger partial charge on any atom is -0.366 e. The molecule has 0 spiro atoms. The van der Waals surface area contributed by atoms with Crippen molar-refractivity contribution in [2.75, 3.05) is 32.0 Å². The average molecular weight is 326 g/mol. The zero-order valence-corrected chi connectivity index (χ0v) is 13.3. The van der Waals surface area contributed by atoms with Crippen molar-refractivity contribution in [1.82, 2.24) is 10.6 Å². The van der Waals surface area contributed by atoms with Gasteiger partial charge in [0.25, 0.3) is 0 Å². The van der Waals surface area contributed by atoms with Crippen molar-refractivity contribution in [1.29, 1.82) is 0 Å². The predicted molar refractivity (Wildman–Crippen MR) is 84.2 cm³/mol. The first-order chi connectivity index (χ1) is 10.6. The average Bonchev–Trinajstić information content (AvgIpc) is 2.53. The molecule has 1 saturated heterocycles. The van der Waals surface area contributed by atoms with E-state index in [2.05, 4.69) is 10.6 Å². The molecule has 1 amide bonds. The first kappa shape index (κ1) is 16.9. The summed E-state index contributed by atoms with van der Waals surface area (Å²) in [7, 11) is -3.15. The molecule has 1 aromatic rings. The van der Waals surface area contributed by atoms with E-state index in [4.69, 9.17) is 4.74 Å². The van der Waals surface area contributed by atoms with Gasteiger partial charge in [-0.25, -0.2) is 8.42 Å². The quantitative estimate of drug-likeness (QED) is 0.694. The van der Waals surface area contributed by atoms with Crippen molar-refractivity contribution >= 4 is 15.7 Å². The van der Waals surface area contributed by atoms with E-state index in [0.29, 0.717) is 26.1 Å². The number of ether oxygens (including phenoxy) is 1. The molecule has 0 aliphatic carbocycles. The molecule has 1 unspecified atom stereocenters. The monoisotopic (exact) mass is 326 g/mol. The topological polar surface area (TPSA) is 84.5 Å². The Balaban J connectivity index is 1.68. The maximum atomic E-state index is 12.0. The lowest BCUT2D eigenvalue weighted by Gasteiger charge is -2.22. The Hall–Kier alpha value is -1.44. The predicted octanol–water partition coefficient (Wildman–Crippen LogP) is 0.0961. The normalized spacial score (nSPS) is 18.8. The van der Waals surface area contributed by atoms with E-state index >= 15 is 0 Å². The molecule has 0 aromatic heterocycles. The molecule has 0 bridgehead atoms. The second-order valence-electron chi connectivity index (χ2n) is 5.29. The van der Waals surface area contributed by atoms with Gasteiger partial charge >= 0.3 is 0 Å². The van der Waals surface area contributed by atoms with Gasteiger partial charge in [0.2, 0.25) is 5.91 Å². The molecule has 6 nitrogen and oxygen atoms in total. The second-order valence-corrected chi connectivity index (χ2v) is 7.47. The summed E-state index contributed by atoms with van der Waals surface area (Å²) in [5.41, 5.74) is 0.785. The fourth-order valence-corrected chi connectivity index (χ4v) is 3.68. The molecule has 7 heteroatoms. The fourth-order valence-electron chi connectivity index (χ4n) is 2.25. The van der Waals surface area contributed by atoms with E-state index in [1.807, 2.05) is 18.2 Å². The summed E-state index contributed by atoms with van der Waals surface area (Å²) < 4.78 is 29.3. The number of rotatable bonds is 7. The number of amides is 1. The van der Waals surface area contributed by atoms with Crippen LogP contribution in [-0.2, 0) is 25.1 Å². The first-order valence-electron chi connectivity index (χ1n) is 7.41. The van der Waals surface area contributed by atoms with E-state index in [1.165, 1.54) is 0 Å². The number of benzene rings is 1. The van der Waals surface area contributed by atoms with Gasteiger partial charge in [-0.05, 0) is 12.0 Å². The Bertz CT molecular complexity index is 568. The third kappa shape index (κ3) is 5.75. The van der Waals surface area contributed by atoms with Crippen LogP contribution >= 0.6 is 0 Å². The number of morpholine rings is 1. The standard InChI is InChI=1S/C15H22N2O4S/c18-15(14-11-16-8-9-21-14)17-7-4-10-22(19,20)12-13-5-2-1-3-6-13/h1-3,5-6,14,16H,4,7-12H2,(H,17,18). The Morgan fingerprint density at radius 3 is 2.77 bits per heavy atom. The van der Waals surface area contributed by atoms with Gasteiger partial charge in [-0.15, -0.1) is 0 Å². The van der Waals surface area contributed by atoms with E-state index in [1.54, 1.807) is 12.1 Å². The second kappa shape index (κ2) is 8.26. The summed E-state index contributed by atoms with van der Waals surface area (Å²) in [6.07, 6.45) is -0.0733. The van der Waals surface area contributed by atoms with Gasteiger partial charge in [-0.1, -0.05) is 30.3 Å². The SMILES string of the molecule is O=C(NCCCS(=O)(=O)Cc1ccccc1)C1CNCCO1. The summed E-state index contributed by atoms with van der Waals surface area (Å²) >= 11 is 0. The fraction of sp³-hybridized carbons (Fsp3) is 0.533. The highest BCUT2D eigenvalue weighted by Crippen LogP contribution is 2.07. The number of sulfone groups is 1.